The first-order valence-corrected chi connectivity index (χ1v) is 9.99. The molecule has 1 saturated carbocycles. The highest BCUT2D eigenvalue weighted by atomic mass is 35.5. The van der Waals surface area contributed by atoms with E-state index in [1.54, 1.807) is 0 Å². The molecule has 1 fully saturated rings. The van der Waals surface area contributed by atoms with Crippen LogP contribution in [-0.2, 0) is 10.2 Å². The Labute approximate surface area is 171 Å². The third kappa shape index (κ3) is 3.33. The number of nitrogens with one attached hydrogen (secondary N) is 1. The summed E-state index contributed by atoms with van der Waals surface area (Å²) in [7, 11) is 0. The molecule has 0 saturated heterocycles. The van der Waals surface area contributed by atoms with E-state index in [9.17, 15) is 4.79 Å². The molecule has 3 aromatic rings. The summed E-state index contributed by atoms with van der Waals surface area (Å²) in [6.45, 7) is 6.17. The summed E-state index contributed by atoms with van der Waals surface area (Å²) in [4.78, 5) is 13.2. The summed E-state index contributed by atoms with van der Waals surface area (Å²) in [5.74, 6) is -0.0529. The molecule has 28 heavy (non-hydrogen) atoms. The molecule has 1 aliphatic carbocycles. The SMILES string of the molecule is Cc1cccc(C2(c3cccc(C)c3)C[C@H]2C(=O)Nc2cc(Cl)ccc2C)c1. The van der Waals surface area contributed by atoms with Crippen molar-refractivity contribution in [2.75, 3.05) is 5.32 Å². The first-order valence-electron chi connectivity index (χ1n) is 9.61. The minimum Gasteiger partial charge on any atom is -0.326 e. The topological polar surface area (TPSA) is 29.1 Å². The molecule has 2 nitrogen and oxygen atoms in total. The molecule has 0 unspecified atom stereocenters. The van der Waals surface area contributed by atoms with Crippen molar-refractivity contribution in [2.24, 2.45) is 5.92 Å². The lowest BCUT2D eigenvalue weighted by Crippen LogP contribution is -2.22. The van der Waals surface area contributed by atoms with Crippen molar-refractivity contribution in [3.63, 3.8) is 0 Å². The van der Waals surface area contributed by atoms with Gasteiger partial charge in [0.1, 0.15) is 0 Å². The van der Waals surface area contributed by atoms with Crippen LogP contribution in [0.4, 0.5) is 5.69 Å². The van der Waals surface area contributed by atoms with Crippen LogP contribution in [-0.4, -0.2) is 5.91 Å². The van der Waals surface area contributed by atoms with Gasteiger partial charge in [-0.05, 0) is 56.0 Å². The number of aryl methyl sites for hydroxylation is 3. The number of carbonyl (C=O) groups excluding carboxylic acids is 1. The van der Waals surface area contributed by atoms with E-state index in [1.165, 1.54) is 22.3 Å². The van der Waals surface area contributed by atoms with E-state index in [4.69, 9.17) is 11.6 Å². The Morgan fingerprint density at radius 3 is 2.11 bits per heavy atom. The molecule has 0 bridgehead atoms. The minimum absolute atomic E-state index is 0.0494. The molecule has 0 spiro atoms. The van der Waals surface area contributed by atoms with Gasteiger partial charge in [0, 0.05) is 16.1 Å². The fraction of sp³-hybridized carbons (Fsp3) is 0.240. The van der Waals surface area contributed by atoms with Gasteiger partial charge in [0.2, 0.25) is 5.91 Å². The number of benzene rings is 3. The van der Waals surface area contributed by atoms with E-state index >= 15 is 0 Å². The van der Waals surface area contributed by atoms with Crippen molar-refractivity contribution in [2.45, 2.75) is 32.6 Å². The normalized spacial score (nSPS) is 17.2. The van der Waals surface area contributed by atoms with Crippen LogP contribution < -0.4 is 5.32 Å². The van der Waals surface area contributed by atoms with E-state index < -0.39 is 0 Å². The first kappa shape index (κ1) is 18.8. The average Bonchev–Trinajstić information content (AvgIpc) is 3.42. The molecule has 142 valence electrons. The van der Waals surface area contributed by atoms with E-state index in [1.807, 2.05) is 25.1 Å². The zero-order chi connectivity index (χ0) is 19.9. The van der Waals surface area contributed by atoms with Gasteiger partial charge >= 0.3 is 0 Å². The second kappa shape index (κ2) is 7.10. The van der Waals surface area contributed by atoms with E-state index in [-0.39, 0.29) is 17.2 Å². The van der Waals surface area contributed by atoms with Crippen molar-refractivity contribution in [3.05, 3.63) is 99.6 Å². The summed E-state index contributed by atoms with van der Waals surface area (Å²) in [5, 5.41) is 3.74. The zero-order valence-electron chi connectivity index (χ0n) is 16.4. The molecule has 1 atom stereocenters. The van der Waals surface area contributed by atoms with Gasteiger partial charge in [-0.1, -0.05) is 77.3 Å². The molecular weight excluding hydrogens is 366 g/mol. The first-order chi connectivity index (χ1) is 13.4. The smallest absolute Gasteiger partial charge is 0.228 e. The van der Waals surface area contributed by atoms with E-state index in [2.05, 4.69) is 67.7 Å². The Bertz CT molecular complexity index is 1010. The number of halogens is 1. The number of amides is 1. The highest BCUT2D eigenvalue weighted by molar-refractivity contribution is 6.31. The summed E-state index contributed by atoms with van der Waals surface area (Å²) in [6, 6.07) is 22.7. The summed E-state index contributed by atoms with van der Waals surface area (Å²) >= 11 is 6.13. The third-order valence-electron chi connectivity index (χ3n) is 5.80. The summed E-state index contributed by atoms with van der Waals surface area (Å²) in [5.41, 5.74) is 6.36. The molecule has 1 N–H and O–H groups in total. The zero-order valence-corrected chi connectivity index (χ0v) is 17.2. The molecule has 1 amide bonds. The fourth-order valence-corrected chi connectivity index (χ4v) is 4.35. The van der Waals surface area contributed by atoms with Crippen LogP contribution in [0.5, 0.6) is 0 Å². The number of hydrogen-bond acceptors (Lipinski definition) is 1. The molecule has 0 aromatic heterocycles. The predicted octanol–water partition coefficient (Wildman–Crippen LogP) is 6.21. The van der Waals surface area contributed by atoms with Crippen molar-refractivity contribution in [3.8, 4) is 0 Å². The van der Waals surface area contributed by atoms with Gasteiger partial charge in [0.05, 0.1) is 5.92 Å². The van der Waals surface area contributed by atoms with Crippen LogP contribution in [0, 0.1) is 26.7 Å². The maximum Gasteiger partial charge on any atom is 0.228 e. The number of anilines is 1. The Kier molecular flexibility index (Phi) is 4.76. The molecular formula is C25H24ClNO. The average molecular weight is 390 g/mol. The lowest BCUT2D eigenvalue weighted by atomic mass is 9.84. The lowest BCUT2D eigenvalue weighted by molar-refractivity contribution is -0.117. The van der Waals surface area contributed by atoms with Gasteiger partial charge in [-0.25, -0.2) is 0 Å². The van der Waals surface area contributed by atoms with Crippen molar-refractivity contribution >= 4 is 23.2 Å². The van der Waals surface area contributed by atoms with Gasteiger partial charge in [-0.15, -0.1) is 0 Å². The molecule has 4 rings (SSSR count). The highest BCUT2D eigenvalue weighted by Gasteiger charge is 2.60. The Balaban J connectivity index is 1.71. The Morgan fingerprint density at radius 2 is 1.54 bits per heavy atom. The second-order valence-corrected chi connectivity index (χ2v) is 8.35. The molecule has 0 radical (unpaired) electrons. The van der Waals surface area contributed by atoms with Crippen molar-refractivity contribution < 1.29 is 4.79 Å². The fourth-order valence-electron chi connectivity index (χ4n) is 4.18. The Morgan fingerprint density at radius 1 is 0.929 bits per heavy atom. The number of carbonyl (C=O) groups is 1. The van der Waals surface area contributed by atoms with Gasteiger partial charge in [0.25, 0.3) is 0 Å². The second-order valence-electron chi connectivity index (χ2n) is 7.92. The maximum absolute atomic E-state index is 13.2. The van der Waals surface area contributed by atoms with Gasteiger partial charge in [-0.3, -0.25) is 4.79 Å². The Hall–Kier alpha value is -2.58. The van der Waals surface area contributed by atoms with Crippen molar-refractivity contribution in [1.82, 2.24) is 0 Å². The summed E-state index contributed by atoms with van der Waals surface area (Å²) in [6.07, 6.45) is 0.811. The van der Waals surface area contributed by atoms with Crippen LogP contribution in [0.25, 0.3) is 0 Å². The van der Waals surface area contributed by atoms with Gasteiger partial charge < -0.3 is 5.32 Å². The quantitative estimate of drug-likeness (QED) is 0.564. The highest BCUT2D eigenvalue weighted by Crippen LogP contribution is 2.59. The van der Waals surface area contributed by atoms with E-state index in [0.29, 0.717) is 5.02 Å². The van der Waals surface area contributed by atoms with Gasteiger partial charge in [0.15, 0.2) is 0 Å². The number of hydrogen-bond donors (Lipinski definition) is 1. The van der Waals surface area contributed by atoms with Crippen LogP contribution in [0.3, 0.4) is 0 Å². The number of rotatable bonds is 4. The minimum atomic E-state index is -0.269. The lowest BCUT2D eigenvalue weighted by Gasteiger charge is -2.20. The molecule has 0 heterocycles. The van der Waals surface area contributed by atoms with Gasteiger partial charge in [-0.2, -0.15) is 0 Å². The third-order valence-corrected chi connectivity index (χ3v) is 6.04. The predicted molar refractivity (Wildman–Crippen MR) is 116 cm³/mol. The van der Waals surface area contributed by atoms with Crippen LogP contribution >= 0.6 is 11.6 Å². The van der Waals surface area contributed by atoms with Crippen molar-refractivity contribution in [1.29, 1.82) is 0 Å². The molecule has 3 aromatic carbocycles. The molecule has 3 heteroatoms. The standard InChI is InChI=1S/C25H24ClNO/c1-16-6-4-8-19(12-16)25(20-9-5-7-17(2)13-20)15-22(25)24(28)27-23-14-21(26)11-10-18(23)3/h4-14,22H,15H2,1-3H3,(H,27,28)/t22-/m0/s1. The largest absolute Gasteiger partial charge is 0.326 e. The molecule has 0 aliphatic heterocycles. The molecule has 1 aliphatic rings. The monoisotopic (exact) mass is 389 g/mol. The van der Waals surface area contributed by atoms with E-state index in [0.717, 1.165) is 17.7 Å². The maximum atomic E-state index is 13.2. The van der Waals surface area contributed by atoms with Crippen LogP contribution in [0.1, 0.15) is 34.2 Å². The van der Waals surface area contributed by atoms with Crippen LogP contribution in [0.15, 0.2) is 66.7 Å². The van der Waals surface area contributed by atoms with Crippen LogP contribution in [0.2, 0.25) is 5.02 Å². The summed E-state index contributed by atoms with van der Waals surface area (Å²) < 4.78 is 0.